The number of rotatable bonds is 10. The SMILES string of the molecule is NCC(=O)O.NCC(=O)O.NCC(=O)O.[N-]=[N+]=NNC(CCCCN)C(=O)O. The molecule has 0 aliphatic rings. The van der Waals surface area contributed by atoms with Crippen LogP contribution in [0.5, 0.6) is 0 Å². The molecule has 164 valence electrons. The molecule has 0 aliphatic heterocycles. The summed E-state index contributed by atoms with van der Waals surface area (Å²) in [6.07, 6.45) is 1.87. The number of unbranched alkanes of at least 4 members (excludes halogenated alkanes) is 1. The Morgan fingerprint density at radius 3 is 1.43 bits per heavy atom. The standard InChI is InChI=1S/C6H13N5O2.3C2H5NO2/c7-4-2-1-3-5(6(12)13)9-11-10-8;3*3-1-2(4)5/h5,9H,1-4,7H2,(H,12,13);3*1,3H2,(H,4,5). The lowest BCUT2D eigenvalue weighted by Crippen LogP contribution is -2.32. The molecule has 0 aromatic carbocycles. The zero-order valence-electron chi connectivity index (χ0n) is 15.1. The first kappa shape index (κ1) is 32.5. The number of nitrogens with two attached hydrogens (primary N) is 4. The molecule has 13 N–H and O–H groups in total. The van der Waals surface area contributed by atoms with Crippen molar-refractivity contribution < 1.29 is 39.6 Å². The van der Waals surface area contributed by atoms with Gasteiger partial charge in [0, 0.05) is 0 Å². The average molecular weight is 412 g/mol. The van der Waals surface area contributed by atoms with Crippen molar-refractivity contribution >= 4 is 23.9 Å². The third-order valence-corrected chi connectivity index (χ3v) is 2.03. The fourth-order valence-electron chi connectivity index (χ4n) is 0.832. The molecule has 0 spiro atoms. The summed E-state index contributed by atoms with van der Waals surface area (Å²) in [5.74, 6) is -3.93. The lowest BCUT2D eigenvalue weighted by Gasteiger charge is -2.06. The zero-order chi connectivity index (χ0) is 23.0. The van der Waals surface area contributed by atoms with Crippen molar-refractivity contribution in [1.29, 1.82) is 0 Å². The predicted octanol–water partition coefficient (Wildman–Crippen LogP) is -2.53. The van der Waals surface area contributed by atoms with Gasteiger partial charge in [-0.15, -0.1) is 5.53 Å². The van der Waals surface area contributed by atoms with E-state index in [4.69, 9.17) is 31.7 Å². The Bertz CT molecular complexity index is 451. The van der Waals surface area contributed by atoms with Crippen LogP contribution in [0, 0.1) is 0 Å². The van der Waals surface area contributed by atoms with Crippen LogP contribution in [0.4, 0.5) is 0 Å². The van der Waals surface area contributed by atoms with Gasteiger partial charge < -0.3 is 43.4 Å². The molecule has 0 heterocycles. The van der Waals surface area contributed by atoms with E-state index in [9.17, 15) is 19.2 Å². The number of azide groups is 1. The van der Waals surface area contributed by atoms with Crippen LogP contribution in [0.1, 0.15) is 19.3 Å². The fraction of sp³-hybridized carbons (Fsp3) is 0.667. The Morgan fingerprint density at radius 2 is 1.21 bits per heavy atom. The highest BCUT2D eigenvalue weighted by molar-refractivity contribution is 5.73. The second-order valence-electron chi connectivity index (χ2n) is 4.29. The summed E-state index contributed by atoms with van der Waals surface area (Å²) in [6, 6.07) is -0.817. The first-order valence-electron chi connectivity index (χ1n) is 7.51. The Hall–Kier alpha value is -3.17. The van der Waals surface area contributed by atoms with E-state index in [1.165, 1.54) is 0 Å². The van der Waals surface area contributed by atoms with E-state index in [0.29, 0.717) is 19.4 Å². The maximum absolute atomic E-state index is 10.5. The molecule has 0 saturated heterocycles. The Morgan fingerprint density at radius 1 is 0.857 bits per heavy atom. The van der Waals surface area contributed by atoms with Gasteiger partial charge in [0.25, 0.3) is 0 Å². The third kappa shape index (κ3) is 43.4. The van der Waals surface area contributed by atoms with Crippen LogP contribution in [0.15, 0.2) is 5.22 Å². The molecule has 0 aromatic rings. The molecule has 0 rings (SSSR count). The fourth-order valence-corrected chi connectivity index (χ4v) is 0.832. The van der Waals surface area contributed by atoms with Crippen LogP contribution in [0.3, 0.4) is 0 Å². The minimum Gasteiger partial charge on any atom is -0.480 e. The molecule has 0 fully saturated rings. The highest BCUT2D eigenvalue weighted by Crippen LogP contribution is 2.00. The molecule has 0 amide bonds. The lowest BCUT2D eigenvalue weighted by molar-refractivity contribution is -0.140. The lowest BCUT2D eigenvalue weighted by atomic mass is 10.1. The average Bonchev–Trinajstić information content (AvgIpc) is 2.65. The van der Waals surface area contributed by atoms with Crippen molar-refractivity contribution in [2.75, 3.05) is 26.2 Å². The van der Waals surface area contributed by atoms with E-state index in [1.54, 1.807) is 0 Å². The molecular weight excluding hydrogens is 384 g/mol. The molecule has 0 aliphatic carbocycles. The quantitative estimate of drug-likeness (QED) is 0.0588. The normalized spacial score (nSPS) is 9.29. The zero-order valence-corrected chi connectivity index (χ0v) is 15.1. The molecule has 0 aromatic heterocycles. The van der Waals surface area contributed by atoms with Gasteiger partial charge >= 0.3 is 23.9 Å². The number of carbonyl (C=O) groups is 4. The van der Waals surface area contributed by atoms with Crippen LogP contribution < -0.4 is 28.4 Å². The van der Waals surface area contributed by atoms with E-state index in [2.05, 4.69) is 32.8 Å². The van der Waals surface area contributed by atoms with Gasteiger partial charge in [-0.05, 0) is 31.0 Å². The minimum absolute atomic E-state index is 0.278. The second-order valence-corrected chi connectivity index (χ2v) is 4.29. The Kier molecular flexibility index (Phi) is 30.2. The molecule has 16 heteroatoms. The molecule has 1 unspecified atom stereocenters. The predicted molar refractivity (Wildman–Crippen MR) is 96.7 cm³/mol. The van der Waals surface area contributed by atoms with Gasteiger partial charge in [0.15, 0.2) is 6.04 Å². The van der Waals surface area contributed by atoms with Crippen LogP contribution in [0.25, 0.3) is 10.4 Å². The first-order valence-corrected chi connectivity index (χ1v) is 7.51. The van der Waals surface area contributed by atoms with Crippen LogP contribution in [-0.2, 0) is 19.2 Å². The van der Waals surface area contributed by atoms with Crippen molar-refractivity contribution in [1.82, 2.24) is 5.43 Å². The van der Waals surface area contributed by atoms with E-state index in [-0.39, 0.29) is 19.6 Å². The van der Waals surface area contributed by atoms with Gasteiger partial charge in [-0.2, -0.15) is 4.91 Å². The number of carboxylic acid groups (broad SMARTS) is 4. The summed E-state index contributed by atoms with van der Waals surface area (Å²) in [6.45, 7) is -0.298. The van der Waals surface area contributed by atoms with E-state index in [1.807, 2.05) is 0 Å². The highest BCUT2D eigenvalue weighted by Gasteiger charge is 2.18. The smallest absolute Gasteiger partial charge is 0.349 e. The third-order valence-electron chi connectivity index (χ3n) is 2.03. The molecule has 0 saturated carbocycles. The highest BCUT2D eigenvalue weighted by atomic mass is 16.4. The summed E-state index contributed by atoms with van der Waals surface area (Å²) in [5, 5.41) is 34.4. The van der Waals surface area contributed by atoms with Crippen molar-refractivity contribution in [2.24, 2.45) is 28.2 Å². The van der Waals surface area contributed by atoms with Gasteiger partial charge in [-0.3, -0.25) is 14.4 Å². The maximum Gasteiger partial charge on any atom is 0.349 e. The topological polar surface area (TPSA) is 314 Å². The second kappa shape index (κ2) is 26.1. The Balaban J connectivity index is -0.000000159. The summed E-state index contributed by atoms with van der Waals surface area (Å²) >= 11 is 0. The maximum atomic E-state index is 10.5. The number of hydrogen-bond donors (Lipinski definition) is 9. The number of nitrogens with one attached hydrogen (secondary N) is 1. The first-order chi connectivity index (χ1) is 13.0. The van der Waals surface area contributed by atoms with Gasteiger partial charge in [-0.25, -0.2) is 10.2 Å². The van der Waals surface area contributed by atoms with E-state index >= 15 is 0 Å². The van der Waals surface area contributed by atoms with Crippen molar-refractivity contribution in [2.45, 2.75) is 25.3 Å². The van der Waals surface area contributed by atoms with Crippen molar-refractivity contribution in [3.05, 3.63) is 10.4 Å². The van der Waals surface area contributed by atoms with Gasteiger partial charge in [0.05, 0.1) is 19.6 Å². The van der Waals surface area contributed by atoms with Crippen LogP contribution in [-0.4, -0.2) is 76.5 Å². The molecule has 28 heavy (non-hydrogen) atoms. The molecule has 0 radical (unpaired) electrons. The summed E-state index contributed by atoms with van der Waals surface area (Å²) < 4.78 is 0. The molecule has 16 nitrogen and oxygen atoms in total. The van der Waals surface area contributed by atoms with Crippen molar-refractivity contribution in [3.8, 4) is 0 Å². The molecule has 1 atom stereocenters. The van der Waals surface area contributed by atoms with Crippen LogP contribution >= 0.6 is 0 Å². The number of nitrogens with zero attached hydrogens (tertiary/aromatic N) is 3. The summed E-state index contributed by atoms with van der Waals surface area (Å²) in [5.41, 5.74) is 29.1. The summed E-state index contributed by atoms with van der Waals surface area (Å²) in [4.78, 5) is 40.7. The van der Waals surface area contributed by atoms with E-state index < -0.39 is 29.9 Å². The minimum atomic E-state index is -1.02. The largest absolute Gasteiger partial charge is 0.480 e. The van der Waals surface area contributed by atoms with Gasteiger partial charge in [0.2, 0.25) is 0 Å². The van der Waals surface area contributed by atoms with Gasteiger partial charge in [-0.1, -0.05) is 0 Å². The number of hydrogen-bond acceptors (Lipinski definition) is 9. The van der Waals surface area contributed by atoms with E-state index in [0.717, 1.165) is 6.42 Å². The number of aliphatic carboxylic acids is 4. The number of carboxylic acids is 4. The Labute approximate surface area is 160 Å². The molecular formula is C12H28N8O8. The summed E-state index contributed by atoms with van der Waals surface area (Å²) in [7, 11) is 0. The van der Waals surface area contributed by atoms with Crippen molar-refractivity contribution in [3.63, 3.8) is 0 Å². The monoisotopic (exact) mass is 412 g/mol. The van der Waals surface area contributed by atoms with Gasteiger partial charge in [0.1, 0.15) is 0 Å². The van der Waals surface area contributed by atoms with Crippen LogP contribution in [0.2, 0.25) is 0 Å². The molecule has 0 bridgehead atoms.